The Kier molecular flexibility index (Phi) is 4.05. The molecular weight excluding hydrogens is 319 g/mol. The molecule has 2 rings (SSSR count). The number of aryl methyl sites for hydroxylation is 1. The highest BCUT2D eigenvalue weighted by Crippen LogP contribution is 2.32. The number of rotatable bonds is 2. The van der Waals surface area contributed by atoms with Crippen LogP contribution in [0.4, 0.5) is 4.39 Å². The van der Waals surface area contributed by atoms with Gasteiger partial charge in [0.1, 0.15) is 11.9 Å². The first-order chi connectivity index (χ1) is 8.49. The highest BCUT2D eigenvalue weighted by molar-refractivity contribution is 9.10. The number of hydrogen-bond acceptors (Lipinski definition) is 1. The summed E-state index contributed by atoms with van der Waals surface area (Å²) in [4.78, 5) is 0. The topological polar surface area (TPSA) is 20.2 Å². The fourth-order valence-corrected chi connectivity index (χ4v) is 2.40. The molecule has 0 saturated heterocycles. The third kappa shape index (κ3) is 2.74. The quantitative estimate of drug-likeness (QED) is 0.851. The van der Waals surface area contributed by atoms with Gasteiger partial charge in [-0.3, -0.25) is 0 Å². The minimum atomic E-state index is -0.939. The minimum Gasteiger partial charge on any atom is -0.384 e. The van der Waals surface area contributed by atoms with Gasteiger partial charge in [-0.05, 0) is 48.4 Å². The van der Waals surface area contributed by atoms with Gasteiger partial charge in [-0.2, -0.15) is 0 Å². The lowest BCUT2D eigenvalue weighted by Gasteiger charge is -2.16. The van der Waals surface area contributed by atoms with Crippen LogP contribution in [0.1, 0.15) is 22.8 Å². The van der Waals surface area contributed by atoms with Crippen molar-refractivity contribution in [1.82, 2.24) is 0 Å². The maximum absolute atomic E-state index is 13.2. The van der Waals surface area contributed by atoms with Crippen LogP contribution in [0.25, 0.3) is 0 Å². The average molecular weight is 330 g/mol. The zero-order valence-electron chi connectivity index (χ0n) is 9.62. The zero-order chi connectivity index (χ0) is 13.3. The molecule has 94 valence electrons. The number of aliphatic hydroxyl groups excluding tert-OH is 1. The first-order valence-corrected chi connectivity index (χ1v) is 6.55. The van der Waals surface area contributed by atoms with Crippen LogP contribution in [-0.4, -0.2) is 5.11 Å². The molecule has 0 spiro atoms. The van der Waals surface area contributed by atoms with Gasteiger partial charge in [-0.25, -0.2) is 4.39 Å². The van der Waals surface area contributed by atoms with Crippen molar-refractivity contribution in [2.45, 2.75) is 13.0 Å². The summed E-state index contributed by atoms with van der Waals surface area (Å²) < 4.78 is 14.1. The van der Waals surface area contributed by atoms with Gasteiger partial charge in [0.2, 0.25) is 0 Å². The van der Waals surface area contributed by atoms with E-state index in [0.29, 0.717) is 16.1 Å². The fraction of sp³-hybridized carbons (Fsp3) is 0.143. The summed E-state index contributed by atoms with van der Waals surface area (Å²) in [5.74, 6) is -0.374. The van der Waals surface area contributed by atoms with Gasteiger partial charge >= 0.3 is 0 Å². The van der Waals surface area contributed by atoms with Crippen molar-refractivity contribution in [1.29, 1.82) is 0 Å². The van der Waals surface area contributed by atoms with E-state index in [9.17, 15) is 9.50 Å². The molecule has 0 aliphatic rings. The Balaban J connectivity index is 2.50. The molecule has 0 aliphatic heterocycles. The Labute approximate surface area is 118 Å². The Bertz CT molecular complexity index is 535. The van der Waals surface area contributed by atoms with E-state index >= 15 is 0 Å². The predicted octanol–water partition coefficient (Wildman–Crippen LogP) is 4.63. The number of benzene rings is 2. The molecule has 1 nitrogen and oxygen atoms in total. The molecule has 0 amide bonds. The predicted molar refractivity (Wildman–Crippen MR) is 74.4 cm³/mol. The van der Waals surface area contributed by atoms with Gasteiger partial charge < -0.3 is 5.11 Å². The van der Waals surface area contributed by atoms with Crippen LogP contribution >= 0.6 is 27.5 Å². The maximum atomic E-state index is 13.2. The molecule has 0 heterocycles. The molecule has 0 radical (unpaired) electrons. The van der Waals surface area contributed by atoms with Crippen LogP contribution in [0.2, 0.25) is 5.02 Å². The van der Waals surface area contributed by atoms with Crippen LogP contribution < -0.4 is 0 Å². The van der Waals surface area contributed by atoms with E-state index in [2.05, 4.69) is 15.9 Å². The van der Waals surface area contributed by atoms with E-state index in [1.807, 2.05) is 6.92 Å². The Morgan fingerprint density at radius 1 is 1.17 bits per heavy atom. The third-order valence-electron chi connectivity index (χ3n) is 2.79. The summed E-state index contributed by atoms with van der Waals surface area (Å²) in [5.41, 5.74) is 1.90. The molecule has 0 bridgehead atoms. The molecule has 1 unspecified atom stereocenters. The van der Waals surface area contributed by atoms with Crippen LogP contribution in [-0.2, 0) is 0 Å². The molecule has 4 heteroatoms. The molecule has 0 saturated carbocycles. The minimum absolute atomic E-state index is 0.374. The summed E-state index contributed by atoms with van der Waals surface area (Å²) in [6.45, 7) is 1.82. The Hall–Kier alpha value is -0.900. The van der Waals surface area contributed by atoms with Crippen molar-refractivity contribution in [3.05, 3.63) is 68.4 Å². The van der Waals surface area contributed by atoms with E-state index in [0.717, 1.165) is 10.0 Å². The Morgan fingerprint density at radius 3 is 2.61 bits per heavy atom. The van der Waals surface area contributed by atoms with Gasteiger partial charge in [0.15, 0.2) is 0 Å². The summed E-state index contributed by atoms with van der Waals surface area (Å²) >= 11 is 9.38. The second kappa shape index (κ2) is 5.39. The second-order valence-electron chi connectivity index (χ2n) is 4.07. The normalized spacial score (nSPS) is 12.5. The molecule has 0 aliphatic carbocycles. The van der Waals surface area contributed by atoms with E-state index in [4.69, 9.17) is 11.6 Å². The van der Waals surface area contributed by atoms with E-state index in [1.54, 1.807) is 24.3 Å². The summed E-state index contributed by atoms with van der Waals surface area (Å²) in [7, 11) is 0. The summed E-state index contributed by atoms with van der Waals surface area (Å²) in [5, 5.41) is 10.8. The second-order valence-corrected chi connectivity index (χ2v) is 5.39. The lowest BCUT2D eigenvalue weighted by molar-refractivity contribution is 0.219. The van der Waals surface area contributed by atoms with E-state index < -0.39 is 6.10 Å². The molecule has 0 aromatic heterocycles. The highest BCUT2D eigenvalue weighted by atomic mass is 79.9. The van der Waals surface area contributed by atoms with Gasteiger partial charge in [0, 0.05) is 15.1 Å². The van der Waals surface area contributed by atoms with Crippen molar-refractivity contribution >= 4 is 27.5 Å². The fourth-order valence-electron chi connectivity index (χ4n) is 1.80. The SMILES string of the molecule is Cc1ccc(F)cc1C(O)c1cc(Br)ccc1Cl. The van der Waals surface area contributed by atoms with Crippen LogP contribution in [0.3, 0.4) is 0 Å². The van der Waals surface area contributed by atoms with Crippen molar-refractivity contribution in [2.75, 3.05) is 0 Å². The number of halogens is 3. The first kappa shape index (κ1) is 13.5. The molecule has 2 aromatic carbocycles. The standard InChI is InChI=1S/C14H11BrClFO/c1-8-2-4-10(17)7-11(8)14(18)12-6-9(15)3-5-13(12)16/h2-7,14,18H,1H3. The third-order valence-corrected chi connectivity index (χ3v) is 3.63. The lowest BCUT2D eigenvalue weighted by atomic mass is 9.97. The molecule has 1 atom stereocenters. The van der Waals surface area contributed by atoms with Crippen LogP contribution in [0.15, 0.2) is 40.9 Å². The van der Waals surface area contributed by atoms with E-state index in [1.165, 1.54) is 12.1 Å². The van der Waals surface area contributed by atoms with Crippen LogP contribution in [0, 0.1) is 12.7 Å². The van der Waals surface area contributed by atoms with Gasteiger partial charge in [0.25, 0.3) is 0 Å². The Morgan fingerprint density at radius 2 is 1.89 bits per heavy atom. The van der Waals surface area contributed by atoms with Gasteiger partial charge in [0.05, 0.1) is 0 Å². The first-order valence-electron chi connectivity index (χ1n) is 5.38. The maximum Gasteiger partial charge on any atom is 0.123 e. The monoisotopic (exact) mass is 328 g/mol. The van der Waals surface area contributed by atoms with Crippen molar-refractivity contribution in [2.24, 2.45) is 0 Å². The van der Waals surface area contributed by atoms with E-state index in [-0.39, 0.29) is 5.82 Å². The number of aliphatic hydroxyl groups is 1. The summed E-state index contributed by atoms with van der Waals surface area (Å²) in [6.07, 6.45) is -0.939. The smallest absolute Gasteiger partial charge is 0.123 e. The lowest BCUT2D eigenvalue weighted by Crippen LogP contribution is -2.03. The van der Waals surface area contributed by atoms with Gasteiger partial charge in [-0.1, -0.05) is 33.6 Å². The van der Waals surface area contributed by atoms with Crippen molar-refractivity contribution < 1.29 is 9.50 Å². The molecular formula is C14H11BrClFO. The average Bonchev–Trinajstić information content (AvgIpc) is 2.34. The van der Waals surface area contributed by atoms with Gasteiger partial charge in [-0.15, -0.1) is 0 Å². The van der Waals surface area contributed by atoms with Crippen LogP contribution in [0.5, 0.6) is 0 Å². The van der Waals surface area contributed by atoms with Crippen molar-refractivity contribution in [3.63, 3.8) is 0 Å². The highest BCUT2D eigenvalue weighted by Gasteiger charge is 2.17. The molecule has 2 aromatic rings. The molecule has 1 N–H and O–H groups in total. The zero-order valence-corrected chi connectivity index (χ0v) is 12.0. The summed E-state index contributed by atoms with van der Waals surface area (Å²) in [6, 6.07) is 9.55. The number of hydrogen-bond donors (Lipinski definition) is 1. The molecule has 18 heavy (non-hydrogen) atoms. The largest absolute Gasteiger partial charge is 0.384 e. The van der Waals surface area contributed by atoms with Crippen molar-refractivity contribution in [3.8, 4) is 0 Å². The molecule has 0 fully saturated rings.